The molecule has 2 N–H and O–H groups in total. The van der Waals surface area contributed by atoms with Crippen LogP contribution in [0.5, 0.6) is 0 Å². The molecule has 0 saturated heterocycles. The highest BCUT2D eigenvalue weighted by Gasteiger charge is 2.35. The maximum Gasteiger partial charge on any atom is 0.425 e. The second kappa shape index (κ2) is 8.88. The van der Waals surface area contributed by atoms with Gasteiger partial charge < -0.3 is 19.6 Å². The van der Waals surface area contributed by atoms with Gasteiger partial charge in [-0.15, -0.1) is 21.5 Å². The zero-order chi connectivity index (χ0) is 23.6. The van der Waals surface area contributed by atoms with Gasteiger partial charge in [-0.25, -0.2) is 9.59 Å². The highest BCUT2D eigenvalue weighted by atomic mass is 32.1. The normalized spacial score (nSPS) is 12.7. The molecule has 0 aliphatic rings. The summed E-state index contributed by atoms with van der Waals surface area (Å²) in [4.78, 5) is 30.7. The molecule has 0 saturated carbocycles. The Morgan fingerprint density at radius 1 is 1.13 bits per heavy atom. The number of aryl methyl sites for hydroxylation is 1. The second-order valence-electron chi connectivity index (χ2n) is 8.53. The van der Waals surface area contributed by atoms with Gasteiger partial charge in [0.05, 0.1) is 4.88 Å². The third kappa shape index (κ3) is 6.14. The molecule has 0 fully saturated rings. The third-order valence-corrected chi connectivity index (χ3v) is 4.48. The van der Waals surface area contributed by atoms with Crippen molar-refractivity contribution in [2.75, 3.05) is 0 Å². The van der Waals surface area contributed by atoms with Gasteiger partial charge >= 0.3 is 12.2 Å². The molecule has 0 aliphatic heterocycles. The first-order chi connectivity index (χ1) is 14.2. The number of hydrogen-bond acceptors (Lipinski definition) is 10. The average molecular weight is 450 g/mol. The number of carbonyl (C=O) groups is 2. The van der Waals surface area contributed by atoms with Gasteiger partial charge in [0, 0.05) is 0 Å². The first kappa shape index (κ1) is 24.1. The third-order valence-electron chi connectivity index (χ3n) is 3.48. The number of aliphatic imine (C=N–C) groups is 1. The molecule has 0 spiro atoms. The number of hydrogen-bond donors (Lipinski definition) is 1. The number of nitrogens with two attached hydrogens (primary N) is 1. The van der Waals surface area contributed by atoms with Gasteiger partial charge in [0.25, 0.3) is 11.8 Å². The Kier molecular flexibility index (Phi) is 6.89. The Hall–Kier alpha value is -3.21. The van der Waals surface area contributed by atoms with E-state index in [1.807, 2.05) is 18.4 Å². The lowest BCUT2D eigenvalue weighted by Crippen LogP contribution is -2.45. The zero-order valence-corrected chi connectivity index (χ0v) is 19.5. The van der Waals surface area contributed by atoms with Gasteiger partial charge in [0.1, 0.15) is 11.2 Å². The number of thiophene rings is 1. The smallest absolute Gasteiger partial charge is 0.425 e. The Balaban J connectivity index is 2.52. The van der Waals surface area contributed by atoms with Crippen LogP contribution in [0.4, 0.5) is 9.59 Å². The fourth-order valence-electron chi connectivity index (χ4n) is 2.25. The topological polar surface area (TPSA) is 133 Å². The van der Waals surface area contributed by atoms with E-state index in [1.165, 1.54) is 11.3 Å². The van der Waals surface area contributed by atoms with E-state index in [-0.39, 0.29) is 17.5 Å². The Morgan fingerprint density at radius 3 is 2.10 bits per heavy atom. The summed E-state index contributed by atoms with van der Waals surface area (Å²) < 4.78 is 16.3. The van der Waals surface area contributed by atoms with Gasteiger partial charge in [-0.1, -0.05) is 0 Å². The molecule has 0 radical (unpaired) electrons. The van der Waals surface area contributed by atoms with Crippen LogP contribution in [0.15, 0.2) is 26.7 Å². The standard InChI is InChI=1S/C20H27N5O5S/c1-11-9-10-31-13(11)16-24-23-15(28-16)12(22-8)14(21)25(17(26)29-19(2,3)4)18(27)30-20(5,6)7/h9-10H,8,21H2,1-7H3/b14-12+. The fourth-order valence-corrected chi connectivity index (χ4v) is 3.10. The average Bonchev–Trinajstić information content (AvgIpc) is 3.21. The maximum absolute atomic E-state index is 12.8. The van der Waals surface area contributed by atoms with E-state index in [9.17, 15) is 9.59 Å². The molecular weight excluding hydrogens is 422 g/mol. The summed E-state index contributed by atoms with van der Waals surface area (Å²) >= 11 is 1.42. The van der Waals surface area contributed by atoms with Crippen molar-refractivity contribution in [2.45, 2.75) is 59.7 Å². The number of ether oxygens (including phenoxy) is 2. The highest BCUT2D eigenvalue weighted by molar-refractivity contribution is 7.13. The lowest BCUT2D eigenvalue weighted by molar-refractivity contribution is 0.00814. The van der Waals surface area contributed by atoms with Crippen LogP contribution in [-0.4, -0.2) is 45.2 Å². The Labute approximate surface area is 184 Å². The SMILES string of the molecule is C=N/C(=C(\N)N(C(=O)OC(C)(C)C)C(=O)OC(C)(C)C)c1nnc(-c2sccc2C)o1. The van der Waals surface area contributed by atoms with E-state index < -0.39 is 29.2 Å². The van der Waals surface area contributed by atoms with Crippen molar-refractivity contribution in [1.29, 1.82) is 0 Å². The first-order valence-corrected chi connectivity index (χ1v) is 10.2. The number of rotatable bonds is 4. The van der Waals surface area contributed by atoms with Gasteiger partial charge in [0.15, 0.2) is 11.5 Å². The predicted molar refractivity (Wildman–Crippen MR) is 117 cm³/mol. The number of aromatic nitrogens is 2. The van der Waals surface area contributed by atoms with Gasteiger partial charge in [-0.2, -0.15) is 4.90 Å². The van der Waals surface area contributed by atoms with Crippen LogP contribution in [0.3, 0.4) is 0 Å². The number of carbonyl (C=O) groups excluding carboxylic acids is 2. The summed E-state index contributed by atoms with van der Waals surface area (Å²) in [7, 11) is 0. The summed E-state index contributed by atoms with van der Waals surface area (Å²) in [6.45, 7) is 15.3. The lowest BCUT2D eigenvalue weighted by Gasteiger charge is -2.28. The molecule has 2 amide bonds. The molecule has 31 heavy (non-hydrogen) atoms. The van der Waals surface area contributed by atoms with Crippen LogP contribution < -0.4 is 5.73 Å². The van der Waals surface area contributed by atoms with Crippen LogP contribution in [0.25, 0.3) is 16.5 Å². The molecule has 2 aromatic heterocycles. The molecule has 10 nitrogen and oxygen atoms in total. The van der Waals surface area contributed by atoms with Crippen molar-refractivity contribution in [3.8, 4) is 10.8 Å². The van der Waals surface area contributed by atoms with Crippen LogP contribution in [-0.2, 0) is 9.47 Å². The van der Waals surface area contributed by atoms with Crippen molar-refractivity contribution in [3.63, 3.8) is 0 Å². The molecule has 2 heterocycles. The molecule has 168 valence electrons. The number of amides is 2. The van der Waals surface area contributed by atoms with E-state index in [0.29, 0.717) is 4.90 Å². The molecule has 0 bridgehead atoms. The van der Waals surface area contributed by atoms with Crippen molar-refractivity contribution < 1.29 is 23.5 Å². The fraction of sp³-hybridized carbons (Fsp3) is 0.450. The predicted octanol–water partition coefficient (Wildman–Crippen LogP) is 4.56. The quantitative estimate of drug-likeness (QED) is 0.671. The summed E-state index contributed by atoms with van der Waals surface area (Å²) in [5, 5.41) is 9.83. The van der Waals surface area contributed by atoms with Crippen LogP contribution in [0, 0.1) is 6.92 Å². The van der Waals surface area contributed by atoms with Gasteiger partial charge in [0.2, 0.25) is 0 Å². The summed E-state index contributed by atoms with van der Waals surface area (Å²) in [6, 6.07) is 1.91. The lowest BCUT2D eigenvalue weighted by atomic mass is 10.2. The van der Waals surface area contributed by atoms with E-state index in [1.54, 1.807) is 41.5 Å². The summed E-state index contributed by atoms with van der Waals surface area (Å²) in [5.74, 6) is -0.290. The molecule has 0 atom stereocenters. The molecule has 2 rings (SSSR count). The van der Waals surface area contributed by atoms with Gasteiger partial charge in [-0.05, 0) is 72.2 Å². The van der Waals surface area contributed by atoms with Crippen molar-refractivity contribution >= 4 is 35.9 Å². The first-order valence-electron chi connectivity index (χ1n) is 9.34. The minimum absolute atomic E-state index is 0.118. The van der Waals surface area contributed by atoms with Gasteiger partial charge in [-0.3, -0.25) is 4.99 Å². The van der Waals surface area contributed by atoms with Crippen molar-refractivity contribution in [2.24, 2.45) is 10.7 Å². The van der Waals surface area contributed by atoms with Crippen LogP contribution in [0.1, 0.15) is 53.0 Å². The van der Waals surface area contributed by atoms with E-state index >= 15 is 0 Å². The van der Waals surface area contributed by atoms with E-state index in [4.69, 9.17) is 19.6 Å². The van der Waals surface area contributed by atoms with Crippen molar-refractivity contribution in [1.82, 2.24) is 15.1 Å². The molecule has 0 aliphatic carbocycles. The monoisotopic (exact) mass is 449 g/mol. The Bertz CT molecular complexity index is 982. The molecule has 11 heteroatoms. The maximum atomic E-state index is 12.8. The minimum Gasteiger partial charge on any atom is -0.443 e. The minimum atomic E-state index is -1.05. The Morgan fingerprint density at radius 2 is 1.68 bits per heavy atom. The van der Waals surface area contributed by atoms with Crippen LogP contribution in [0.2, 0.25) is 0 Å². The molecule has 0 aromatic carbocycles. The number of nitrogens with zero attached hydrogens (tertiary/aromatic N) is 4. The number of imide groups is 1. The summed E-state index contributed by atoms with van der Waals surface area (Å²) in [6.07, 6.45) is -2.09. The second-order valence-corrected chi connectivity index (χ2v) is 9.45. The van der Waals surface area contributed by atoms with Crippen LogP contribution >= 0.6 is 11.3 Å². The largest absolute Gasteiger partial charge is 0.443 e. The highest BCUT2D eigenvalue weighted by Crippen LogP contribution is 2.30. The zero-order valence-electron chi connectivity index (χ0n) is 18.7. The molecule has 0 unspecified atom stereocenters. The van der Waals surface area contributed by atoms with E-state index in [0.717, 1.165) is 10.4 Å². The van der Waals surface area contributed by atoms with Crippen molar-refractivity contribution in [3.05, 3.63) is 28.7 Å². The van der Waals surface area contributed by atoms with E-state index in [2.05, 4.69) is 21.9 Å². The molecule has 2 aromatic rings. The summed E-state index contributed by atoms with van der Waals surface area (Å²) in [5.41, 5.74) is 5.15. The molecular formula is C20H27N5O5S.